The van der Waals surface area contributed by atoms with Crippen LogP contribution >= 0.6 is 0 Å². The Kier molecular flexibility index (Phi) is 7.09. The van der Waals surface area contributed by atoms with Gasteiger partial charge in [-0.05, 0) is 6.42 Å². The van der Waals surface area contributed by atoms with Gasteiger partial charge in [0.25, 0.3) is 0 Å². The molecule has 0 saturated carbocycles. The van der Waals surface area contributed by atoms with Gasteiger partial charge in [0.1, 0.15) is 34.0 Å². The number of primary amides is 1. The van der Waals surface area contributed by atoms with Gasteiger partial charge in [-0.1, -0.05) is 0 Å². The smallest absolute Gasteiger partial charge is 0.306 e. The van der Waals surface area contributed by atoms with E-state index in [1.54, 1.807) is 0 Å². The van der Waals surface area contributed by atoms with E-state index in [1.807, 2.05) is 15.7 Å². The molecule has 0 bridgehead atoms. The number of ether oxygens (including phenoxy) is 4. The number of aliphatic hydroxyl groups excluding tert-OH is 1. The molecule has 134 valence electrons. The van der Waals surface area contributed by atoms with Crippen LogP contribution in [0.3, 0.4) is 0 Å². The first-order valence-corrected chi connectivity index (χ1v) is 8.40. The standard InChI is InChI=1S/C14H25B2NO7/c15-11-3-7(9(5-18)22-11)21-6-10-8(4-12(16)23-10)24-14(20)2-1-13(17)19/h7-12,18H,1-6,15-16H2,(H2,17,19)/t7-,8-,9-,10-,11-,12-/m1/s1. The van der Waals surface area contributed by atoms with E-state index in [9.17, 15) is 14.7 Å². The van der Waals surface area contributed by atoms with E-state index in [2.05, 4.69) is 0 Å². The number of hydrogen-bond acceptors (Lipinski definition) is 7. The lowest BCUT2D eigenvalue weighted by Crippen LogP contribution is -2.36. The fraction of sp³-hybridized carbons (Fsp3) is 0.857. The van der Waals surface area contributed by atoms with E-state index < -0.39 is 18.0 Å². The van der Waals surface area contributed by atoms with Crippen molar-refractivity contribution in [2.75, 3.05) is 13.2 Å². The fourth-order valence-electron chi connectivity index (χ4n) is 3.12. The number of aliphatic hydroxyl groups is 1. The topological polar surface area (TPSA) is 117 Å². The molecule has 2 saturated heterocycles. The highest BCUT2D eigenvalue weighted by Gasteiger charge is 2.38. The zero-order valence-electron chi connectivity index (χ0n) is 14.2. The maximum absolute atomic E-state index is 11.8. The molecular formula is C14H25B2NO7. The molecule has 0 aliphatic carbocycles. The largest absolute Gasteiger partial charge is 0.459 e. The van der Waals surface area contributed by atoms with E-state index in [-0.39, 0.29) is 56.4 Å². The Morgan fingerprint density at radius 2 is 1.71 bits per heavy atom. The molecule has 0 unspecified atom stereocenters. The van der Waals surface area contributed by atoms with Gasteiger partial charge in [0.15, 0.2) is 0 Å². The van der Waals surface area contributed by atoms with E-state index in [1.165, 1.54) is 0 Å². The van der Waals surface area contributed by atoms with Crippen LogP contribution in [-0.4, -0.2) is 82.3 Å². The Labute approximate surface area is 143 Å². The number of nitrogens with two attached hydrogens (primary N) is 1. The molecule has 2 aliphatic rings. The van der Waals surface area contributed by atoms with Crippen LogP contribution in [0.1, 0.15) is 25.7 Å². The molecular weight excluding hydrogens is 316 g/mol. The lowest BCUT2D eigenvalue weighted by molar-refractivity contribution is -0.155. The highest BCUT2D eigenvalue weighted by molar-refractivity contribution is 6.11. The molecule has 1 amide bonds. The summed E-state index contributed by atoms with van der Waals surface area (Å²) in [6.07, 6.45) is -0.0903. The van der Waals surface area contributed by atoms with Crippen LogP contribution in [0, 0.1) is 0 Å². The highest BCUT2D eigenvalue weighted by atomic mass is 16.6. The van der Waals surface area contributed by atoms with Gasteiger partial charge < -0.3 is 29.8 Å². The number of carbonyl (C=O) groups is 2. The van der Waals surface area contributed by atoms with Crippen molar-refractivity contribution in [1.29, 1.82) is 0 Å². The van der Waals surface area contributed by atoms with Gasteiger partial charge in [-0.3, -0.25) is 9.59 Å². The number of amides is 1. The third-order valence-corrected chi connectivity index (χ3v) is 4.28. The maximum atomic E-state index is 11.8. The Morgan fingerprint density at radius 1 is 1.08 bits per heavy atom. The van der Waals surface area contributed by atoms with Gasteiger partial charge in [0.05, 0.1) is 25.7 Å². The van der Waals surface area contributed by atoms with Crippen LogP contribution in [0.25, 0.3) is 0 Å². The first-order chi connectivity index (χ1) is 11.4. The quantitative estimate of drug-likeness (QED) is 0.358. The zero-order valence-corrected chi connectivity index (χ0v) is 14.2. The second kappa shape index (κ2) is 8.84. The minimum atomic E-state index is -0.534. The van der Waals surface area contributed by atoms with Crippen LogP contribution in [0.5, 0.6) is 0 Å². The number of rotatable bonds is 8. The Balaban J connectivity index is 1.81. The molecule has 6 atom stereocenters. The molecule has 8 nitrogen and oxygen atoms in total. The summed E-state index contributed by atoms with van der Waals surface area (Å²) in [5.41, 5.74) is 5.03. The summed E-state index contributed by atoms with van der Waals surface area (Å²) in [5, 5.41) is 9.32. The average Bonchev–Trinajstić information content (AvgIpc) is 3.05. The van der Waals surface area contributed by atoms with Gasteiger partial charge >= 0.3 is 5.97 Å². The lowest BCUT2D eigenvalue weighted by Gasteiger charge is -2.23. The van der Waals surface area contributed by atoms with Crippen LogP contribution in [0.4, 0.5) is 0 Å². The number of esters is 1. The van der Waals surface area contributed by atoms with E-state index >= 15 is 0 Å². The molecule has 0 aromatic carbocycles. The van der Waals surface area contributed by atoms with Gasteiger partial charge in [0, 0.05) is 24.8 Å². The number of hydrogen-bond donors (Lipinski definition) is 2. The summed E-state index contributed by atoms with van der Waals surface area (Å²) in [6.45, 7) is 0.165. The molecule has 2 heterocycles. The first kappa shape index (κ1) is 19.2. The Bertz CT molecular complexity index is 453. The molecule has 10 heteroatoms. The molecule has 2 aliphatic heterocycles. The summed E-state index contributed by atoms with van der Waals surface area (Å²) in [6, 6.07) is -0.00192. The van der Waals surface area contributed by atoms with Crippen LogP contribution in [-0.2, 0) is 28.5 Å². The minimum Gasteiger partial charge on any atom is -0.459 e. The van der Waals surface area contributed by atoms with Gasteiger partial charge in [-0.15, -0.1) is 0 Å². The van der Waals surface area contributed by atoms with Crippen molar-refractivity contribution in [3.63, 3.8) is 0 Å². The van der Waals surface area contributed by atoms with Crippen molar-refractivity contribution in [2.45, 2.75) is 62.1 Å². The molecule has 2 rings (SSSR count). The van der Waals surface area contributed by atoms with E-state index in [4.69, 9.17) is 24.7 Å². The van der Waals surface area contributed by atoms with Crippen LogP contribution in [0.2, 0.25) is 0 Å². The fourth-order valence-corrected chi connectivity index (χ4v) is 3.12. The third kappa shape index (κ3) is 5.47. The summed E-state index contributed by atoms with van der Waals surface area (Å²) in [5.74, 6) is -0.999. The normalized spacial score (nSPS) is 35.9. The zero-order chi connectivity index (χ0) is 17.7. The predicted molar refractivity (Wildman–Crippen MR) is 88.8 cm³/mol. The SMILES string of the molecule is B[C@H]1C[C@@H](OC[C@H]2O[C@@H](B)C[C@H]2OC(=O)CCC(N)=O)[C@@H](CO)O1. The second-order valence-electron chi connectivity index (χ2n) is 6.49. The Hall–Kier alpha value is -1.09. The predicted octanol–water partition coefficient (Wildman–Crippen LogP) is -2.96. The second-order valence-corrected chi connectivity index (χ2v) is 6.49. The maximum Gasteiger partial charge on any atom is 0.306 e. The molecule has 0 radical (unpaired) electrons. The molecule has 3 N–H and O–H groups in total. The van der Waals surface area contributed by atoms with Gasteiger partial charge in [-0.25, -0.2) is 0 Å². The number of carbonyl (C=O) groups excluding carboxylic acids is 2. The Morgan fingerprint density at radius 3 is 2.33 bits per heavy atom. The highest BCUT2D eigenvalue weighted by Crippen LogP contribution is 2.26. The van der Waals surface area contributed by atoms with Crippen LogP contribution in [0.15, 0.2) is 0 Å². The van der Waals surface area contributed by atoms with Crippen molar-refractivity contribution >= 4 is 27.6 Å². The first-order valence-electron chi connectivity index (χ1n) is 8.40. The van der Waals surface area contributed by atoms with E-state index in [0.29, 0.717) is 12.8 Å². The summed E-state index contributed by atoms with van der Waals surface area (Å²) >= 11 is 0. The molecule has 24 heavy (non-hydrogen) atoms. The molecule has 0 aromatic heterocycles. The summed E-state index contributed by atoms with van der Waals surface area (Å²) in [7, 11) is 3.84. The third-order valence-electron chi connectivity index (χ3n) is 4.28. The van der Waals surface area contributed by atoms with Crippen LogP contribution < -0.4 is 5.73 Å². The van der Waals surface area contributed by atoms with E-state index in [0.717, 1.165) is 0 Å². The van der Waals surface area contributed by atoms with Crippen molar-refractivity contribution in [2.24, 2.45) is 5.73 Å². The monoisotopic (exact) mass is 341 g/mol. The lowest BCUT2D eigenvalue weighted by atomic mass is 9.95. The molecule has 0 aromatic rings. The summed E-state index contributed by atoms with van der Waals surface area (Å²) < 4.78 is 22.6. The van der Waals surface area contributed by atoms with Gasteiger partial charge in [0.2, 0.25) is 5.91 Å². The minimum absolute atomic E-state index is 0.0292. The van der Waals surface area contributed by atoms with Crippen molar-refractivity contribution in [1.82, 2.24) is 0 Å². The molecule has 2 fully saturated rings. The van der Waals surface area contributed by atoms with Crippen molar-refractivity contribution < 1.29 is 33.6 Å². The van der Waals surface area contributed by atoms with Crippen molar-refractivity contribution in [3.05, 3.63) is 0 Å². The van der Waals surface area contributed by atoms with Gasteiger partial charge in [-0.2, -0.15) is 0 Å². The van der Waals surface area contributed by atoms with Crippen molar-refractivity contribution in [3.8, 4) is 0 Å². The summed E-state index contributed by atoms with van der Waals surface area (Å²) in [4.78, 5) is 22.5. The average molecular weight is 341 g/mol. The molecule has 0 spiro atoms.